The maximum atomic E-state index is 12.5. The monoisotopic (exact) mass is 353 g/mol. The second-order valence-electron chi connectivity index (χ2n) is 5.60. The molecule has 0 bridgehead atoms. The second-order valence-corrected chi connectivity index (χ2v) is 5.60. The number of rotatable bonds is 4. The Morgan fingerprint density at radius 3 is 2.64 bits per heavy atom. The number of halogens is 3. The summed E-state index contributed by atoms with van der Waals surface area (Å²) in [5.74, 6) is 0.0995. The molecule has 2 heterocycles. The predicted octanol–water partition coefficient (Wildman–Crippen LogP) is 3.67. The molecule has 1 aromatic heterocycles. The molecule has 1 saturated heterocycles. The molecule has 25 heavy (non-hydrogen) atoms. The molecule has 2 aromatic rings. The third kappa shape index (κ3) is 3.81. The van der Waals surface area contributed by atoms with Crippen LogP contribution in [-0.2, 0) is 6.18 Å². The van der Waals surface area contributed by atoms with Crippen LogP contribution in [0.25, 0.3) is 0 Å². The number of alkyl halides is 3. The maximum Gasteiger partial charge on any atom is 0.417 e. The standard InChI is InChI=1S/C16H14F3N3O3/c17-16(18,19)11-5-6-15(20-9-11)25-12-7-8-21(10-12)13-3-1-2-4-14(13)22(23)24/h1-6,9,12H,7-8,10H2/t12-/m0/s1. The first-order chi connectivity index (χ1) is 11.8. The number of para-hydroxylation sites is 2. The van der Waals surface area contributed by atoms with E-state index in [2.05, 4.69) is 4.98 Å². The van der Waals surface area contributed by atoms with E-state index in [1.807, 2.05) is 4.90 Å². The van der Waals surface area contributed by atoms with E-state index in [9.17, 15) is 23.3 Å². The fraction of sp³-hybridized carbons (Fsp3) is 0.312. The van der Waals surface area contributed by atoms with Crippen LogP contribution >= 0.6 is 0 Å². The van der Waals surface area contributed by atoms with Crippen LogP contribution in [0.1, 0.15) is 12.0 Å². The lowest BCUT2D eigenvalue weighted by Crippen LogP contribution is -2.25. The van der Waals surface area contributed by atoms with Crippen LogP contribution in [0, 0.1) is 10.1 Å². The lowest BCUT2D eigenvalue weighted by molar-refractivity contribution is -0.384. The molecular formula is C16H14F3N3O3. The lowest BCUT2D eigenvalue weighted by Gasteiger charge is -2.18. The minimum atomic E-state index is -4.44. The summed E-state index contributed by atoms with van der Waals surface area (Å²) in [6.07, 6.45) is -3.43. The number of anilines is 1. The quantitative estimate of drug-likeness (QED) is 0.620. The summed E-state index contributed by atoms with van der Waals surface area (Å²) in [4.78, 5) is 16.2. The van der Waals surface area contributed by atoms with Crippen LogP contribution in [-0.4, -0.2) is 29.1 Å². The summed E-state index contributed by atoms with van der Waals surface area (Å²) in [6, 6.07) is 8.50. The molecule has 1 atom stereocenters. The first-order valence-corrected chi connectivity index (χ1v) is 7.53. The molecule has 0 N–H and O–H groups in total. The fourth-order valence-electron chi connectivity index (χ4n) is 2.72. The summed E-state index contributed by atoms with van der Waals surface area (Å²) in [6.45, 7) is 0.948. The van der Waals surface area contributed by atoms with Gasteiger partial charge in [0.25, 0.3) is 5.69 Å². The number of nitro benzene ring substituents is 1. The maximum absolute atomic E-state index is 12.5. The van der Waals surface area contributed by atoms with Crippen molar-refractivity contribution in [2.24, 2.45) is 0 Å². The molecule has 0 radical (unpaired) electrons. The third-order valence-electron chi connectivity index (χ3n) is 3.92. The molecule has 1 aromatic carbocycles. The number of nitrogens with zero attached hydrogens (tertiary/aromatic N) is 3. The van der Waals surface area contributed by atoms with Crippen LogP contribution in [0.2, 0.25) is 0 Å². The van der Waals surface area contributed by atoms with Crippen LogP contribution < -0.4 is 9.64 Å². The smallest absolute Gasteiger partial charge is 0.417 e. The summed E-state index contributed by atoms with van der Waals surface area (Å²) in [5, 5.41) is 11.1. The van der Waals surface area contributed by atoms with Crippen molar-refractivity contribution in [2.75, 3.05) is 18.0 Å². The van der Waals surface area contributed by atoms with Crippen molar-refractivity contribution in [3.05, 3.63) is 58.3 Å². The normalized spacial score (nSPS) is 17.6. The van der Waals surface area contributed by atoms with Gasteiger partial charge in [0.2, 0.25) is 5.88 Å². The van der Waals surface area contributed by atoms with E-state index >= 15 is 0 Å². The molecule has 6 nitrogen and oxygen atoms in total. The average Bonchev–Trinajstić information content (AvgIpc) is 3.03. The SMILES string of the molecule is O=[N+]([O-])c1ccccc1N1CC[C@H](Oc2ccc(C(F)(F)F)cn2)C1. The number of aromatic nitrogens is 1. The van der Waals surface area contributed by atoms with Gasteiger partial charge in [-0.1, -0.05) is 12.1 Å². The molecule has 0 saturated carbocycles. The van der Waals surface area contributed by atoms with Crippen molar-refractivity contribution in [1.29, 1.82) is 0 Å². The van der Waals surface area contributed by atoms with E-state index in [1.165, 1.54) is 12.1 Å². The second kappa shape index (κ2) is 6.58. The van der Waals surface area contributed by atoms with Crippen LogP contribution in [0.3, 0.4) is 0 Å². The van der Waals surface area contributed by atoms with Gasteiger partial charge < -0.3 is 9.64 Å². The highest BCUT2D eigenvalue weighted by molar-refractivity contribution is 5.63. The Hall–Kier alpha value is -2.84. The minimum Gasteiger partial charge on any atom is -0.472 e. The molecule has 132 valence electrons. The number of hydrogen-bond donors (Lipinski definition) is 0. The van der Waals surface area contributed by atoms with Gasteiger partial charge in [0, 0.05) is 31.3 Å². The predicted molar refractivity (Wildman–Crippen MR) is 83.6 cm³/mol. The number of ether oxygens (including phenoxy) is 1. The van der Waals surface area contributed by atoms with Gasteiger partial charge in [0.15, 0.2) is 0 Å². The number of hydrogen-bond acceptors (Lipinski definition) is 5. The Morgan fingerprint density at radius 2 is 2.00 bits per heavy atom. The van der Waals surface area contributed by atoms with E-state index in [0.717, 1.165) is 12.3 Å². The third-order valence-corrected chi connectivity index (χ3v) is 3.92. The van der Waals surface area contributed by atoms with Crippen molar-refractivity contribution in [1.82, 2.24) is 4.98 Å². The first-order valence-electron chi connectivity index (χ1n) is 7.53. The highest BCUT2D eigenvalue weighted by Gasteiger charge is 2.31. The number of benzene rings is 1. The van der Waals surface area contributed by atoms with E-state index in [-0.39, 0.29) is 17.7 Å². The minimum absolute atomic E-state index is 0.0100. The molecular weight excluding hydrogens is 339 g/mol. The fourth-order valence-corrected chi connectivity index (χ4v) is 2.72. The Balaban J connectivity index is 1.67. The van der Waals surface area contributed by atoms with Crippen molar-refractivity contribution >= 4 is 11.4 Å². The van der Waals surface area contributed by atoms with Gasteiger partial charge in [0.1, 0.15) is 11.8 Å². The van der Waals surface area contributed by atoms with E-state index in [4.69, 9.17) is 4.74 Å². The van der Waals surface area contributed by atoms with E-state index in [0.29, 0.717) is 25.2 Å². The zero-order valence-electron chi connectivity index (χ0n) is 12.9. The van der Waals surface area contributed by atoms with Crippen molar-refractivity contribution in [2.45, 2.75) is 18.7 Å². The number of pyridine rings is 1. The Labute approximate surface area is 141 Å². The van der Waals surface area contributed by atoms with Crippen molar-refractivity contribution in [3.8, 4) is 5.88 Å². The Morgan fingerprint density at radius 1 is 1.24 bits per heavy atom. The highest BCUT2D eigenvalue weighted by atomic mass is 19.4. The van der Waals surface area contributed by atoms with Gasteiger partial charge in [0.05, 0.1) is 17.0 Å². The molecule has 0 spiro atoms. The van der Waals surface area contributed by atoms with Crippen LogP contribution in [0.5, 0.6) is 5.88 Å². The summed E-state index contributed by atoms with van der Waals surface area (Å²) in [5.41, 5.74) is -0.331. The molecule has 0 aliphatic carbocycles. The topological polar surface area (TPSA) is 68.5 Å². The molecule has 1 aliphatic heterocycles. The molecule has 0 unspecified atom stereocenters. The molecule has 1 aliphatic rings. The van der Waals surface area contributed by atoms with Crippen molar-refractivity contribution < 1.29 is 22.8 Å². The zero-order valence-corrected chi connectivity index (χ0v) is 12.9. The lowest BCUT2D eigenvalue weighted by atomic mass is 10.2. The Kier molecular flexibility index (Phi) is 4.47. The van der Waals surface area contributed by atoms with Crippen LogP contribution in [0.15, 0.2) is 42.6 Å². The first kappa shape index (κ1) is 17.0. The molecule has 0 amide bonds. The highest BCUT2D eigenvalue weighted by Crippen LogP contribution is 2.32. The Bertz CT molecular complexity index is 765. The summed E-state index contributed by atoms with van der Waals surface area (Å²) < 4.78 is 43.2. The van der Waals surface area contributed by atoms with Crippen molar-refractivity contribution in [3.63, 3.8) is 0 Å². The molecule has 9 heteroatoms. The number of nitro groups is 1. The van der Waals surface area contributed by atoms with Gasteiger partial charge in [-0.3, -0.25) is 10.1 Å². The van der Waals surface area contributed by atoms with E-state index in [1.54, 1.807) is 18.2 Å². The average molecular weight is 353 g/mol. The van der Waals surface area contributed by atoms with Gasteiger partial charge in [-0.15, -0.1) is 0 Å². The van der Waals surface area contributed by atoms with Crippen LogP contribution in [0.4, 0.5) is 24.5 Å². The molecule has 3 rings (SSSR count). The van der Waals surface area contributed by atoms with Gasteiger partial charge >= 0.3 is 6.18 Å². The zero-order chi connectivity index (χ0) is 18.0. The summed E-state index contributed by atoms with van der Waals surface area (Å²) in [7, 11) is 0. The van der Waals surface area contributed by atoms with Gasteiger partial charge in [-0.25, -0.2) is 4.98 Å². The summed E-state index contributed by atoms with van der Waals surface area (Å²) >= 11 is 0. The van der Waals surface area contributed by atoms with Gasteiger partial charge in [-0.05, 0) is 12.1 Å². The largest absolute Gasteiger partial charge is 0.472 e. The molecule has 1 fully saturated rings. The van der Waals surface area contributed by atoms with Gasteiger partial charge in [-0.2, -0.15) is 13.2 Å². The van der Waals surface area contributed by atoms with E-state index < -0.39 is 16.7 Å².